The van der Waals surface area contributed by atoms with Crippen LogP contribution in [-0.4, -0.2) is 54.0 Å². The summed E-state index contributed by atoms with van der Waals surface area (Å²) in [5.74, 6) is -1.17. The lowest BCUT2D eigenvalue weighted by molar-refractivity contribution is -0.151. The first-order chi connectivity index (χ1) is 14.9. The minimum atomic E-state index is -0.541. The van der Waals surface area contributed by atoms with Gasteiger partial charge in [0.05, 0.1) is 18.2 Å². The molecule has 31 heavy (non-hydrogen) atoms. The Bertz CT molecular complexity index is 930. The number of likely N-dealkylation sites (tertiary alicyclic amines) is 1. The maximum atomic E-state index is 12.5. The standard InChI is InChI=1S/C23H28N2O5S/c1-4-16-6-8-17(9-7-16)21-24-15(3)20(31-21)23(28)30-14-19(26)25-12-10-18(11-13-25)22(27)29-5-2/h6-9,18H,4-5,10-14H2,1-3H3. The van der Waals surface area contributed by atoms with Crippen LogP contribution >= 0.6 is 11.3 Å². The Hall–Kier alpha value is -2.74. The van der Waals surface area contributed by atoms with E-state index < -0.39 is 5.97 Å². The van der Waals surface area contributed by atoms with Gasteiger partial charge >= 0.3 is 11.9 Å². The Morgan fingerprint density at radius 3 is 2.39 bits per heavy atom. The summed E-state index contributed by atoms with van der Waals surface area (Å²) in [6.07, 6.45) is 2.09. The fourth-order valence-electron chi connectivity index (χ4n) is 3.50. The molecule has 2 aromatic rings. The lowest BCUT2D eigenvalue weighted by Crippen LogP contribution is -2.42. The highest BCUT2D eigenvalue weighted by molar-refractivity contribution is 7.17. The maximum Gasteiger partial charge on any atom is 0.350 e. The molecule has 0 atom stereocenters. The predicted octanol–water partition coefficient (Wildman–Crippen LogP) is 3.64. The summed E-state index contributed by atoms with van der Waals surface area (Å²) in [6.45, 7) is 6.59. The van der Waals surface area contributed by atoms with Crippen molar-refractivity contribution >= 4 is 29.2 Å². The van der Waals surface area contributed by atoms with Gasteiger partial charge in [0.2, 0.25) is 0 Å². The Kier molecular flexibility index (Phi) is 7.79. The van der Waals surface area contributed by atoms with Crippen molar-refractivity contribution in [2.45, 2.75) is 40.0 Å². The summed E-state index contributed by atoms with van der Waals surface area (Å²) in [7, 11) is 0. The van der Waals surface area contributed by atoms with Crippen LogP contribution in [-0.2, 0) is 25.5 Å². The van der Waals surface area contributed by atoms with Gasteiger partial charge in [0.15, 0.2) is 6.61 Å². The largest absolute Gasteiger partial charge is 0.466 e. The van der Waals surface area contributed by atoms with Crippen LogP contribution in [0.2, 0.25) is 0 Å². The molecule has 1 aromatic carbocycles. The third kappa shape index (κ3) is 5.70. The number of ether oxygens (including phenoxy) is 2. The van der Waals surface area contributed by atoms with Crippen molar-refractivity contribution in [3.63, 3.8) is 0 Å². The number of nitrogens with zero attached hydrogens (tertiary/aromatic N) is 2. The number of thiazole rings is 1. The van der Waals surface area contributed by atoms with E-state index in [2.05, 4.69) is 11.9 Å². The third-order valence-corrected chi connectivity index (χ3v) is 6.57. The smallest absolute Gasteiger partial charge is 0.350 e. The summed E-state index contributed by atoms with van der Waals surface area (Å²) in [4.78, 5) is 43.3. The molecule has 1 fully saturated rings. The van der Waals surface area contributed by atoms with Gasteiger partial charge in [0.1, 0.15) is 9.88 Å². The molecule has 0 spiro atoms. The van der Waals surface area contributed by atoms with E-state index in [9.17, 15) is 14.4 Å². The van der Waals surface area contributed by atoms with Crippen molar-refractivity contribution in [3.05, 3.63) is 40.4 Å². The fourth-order valence-corrected chi connectivity index (χ4v) is 4.47. The molecule has 0 saturated carbocycles. The van der Waals surface area contributed by atoms with Crippen molar-refractivity contribution < 1.29 is 23.9 Å². The van der Waals surface area contributed by atoms with Crippen molar-refractivity contribution in [1.29, 1.82) is 0 Å². The summed E-state index contributed by atoms with van der Waals surface area (Å²) < 4.78 is 10.3. The topological polar surface area (TPSA) is 85.8 Å². The molecule has 1 aliphatic rings. The quantitative estimate of drug-likeness (QED) is 0.606. The number of piperidine rings is 1. The molecule has 1 amide bonds. The second-order valence-electron chi connectivity index (χ2n) is 7.47. The average Bonchev–Trinajstić information content (AvgIpc) is 3.19. The molecule has 1 aromatic heterocycles. The minimum Gasteiger partial charge on any atom is -0.466 e. The van der Waals surface area contributed by atoms with Gasteiger partial charge in [-0.2, -0.15) is 0 Å². The molecule has 1 saturated heterocycles. The number of hydrogen-bond acceptors (Lipinski definition) is 7. The average molecular weight is 445 g/mol. The van der Waals surface area contributed by atoms with Crippen LogP contribution in [0, 0.1) is 12.8 Å². The zero-order valence-corrected chi connectivity index (χ0v) is 19.0. The van der Waals surface area contributed by atoms with Crippen molar-refractivity contribution in [3.8, 4) is 10.6 Å². The molecule has 3 rings (SSSR count). The lowest BCUT2D eigenvalue weighted by Gasteiger charge is -2.30. The van der Waals surface area contributed by atoms with Crippen LogP contribution in [0.1, 0.15) is 47.6 Å². The molecule has 166 valence electrons. The highest BCUT2D eigenvalue weighted by Gasteiger charge is 2.29. The van der Waals surface area contributed by atoms with Gasteiger partial charge in [0.25, 0.3) is 5.91 Å². The Balaban J connectivity index is 1.53. The number of carbonyl (C=O) groups excluding carboxylic acids is 3. The zero-order valence-electron chi connectivity index (χ0n) is 18.2. The van der Waals surface area contributed by atoms with Crippen LogP contribution in [0.4, 0.5) is 0 Å². The molecule has 7 nitrogen and oxygen atoms in total. The van der Waals surface area contributed by atoms with E-state index in [0.29, 0.717) is 43.1 Å². The number of aryl methyl sites for hydroxylation is 2. The Morgan fingerprint density at radius 1 is 1.10 bits per heavy atom. The van der Waals surface area contributed by atoms with Crippen LogP contribution < -0.4 is 0 Å². The molecule has 0 unspecified atom stereocenters. The second-order valence-corrected chi connectivity index (χ2v) is 8.47. The summed E-state index contributed by atoms with van der Waals surface area (Å²) in [5.41, 5.74) is 2.78. The van der Waals surface area contributed by atoms with E-state index in [0.717, 1.165) is 17.0 Å². The van der Waals surface area contributed by atoms with E-state index in [4.69, 9.17) is 9.47 Å². The van der Waals surface area contributed by atoms with Gasteiger partial charge in [-0.3, -0.25) is 9.59 Å². The van der Waals surface area contributed by atoms with Crippen LogP contribution in [0.15, 0.2) is 24.3 Å². The number of hydrogen-bond donors (Lipinski definition) is 0. The number of amides is 1. The Morgan fingerprint density at radius 2 is 1.77 bits per heavy atom. The molecule has 0 bridgehead atoms. The first-order valence-corrected chi connectivity index (χ1v) is 11.4. The second kappa shape index (κ2) is 10.5. The number of aromatic nitrogens is 1. The molecule has 2 heterocycles. The van der Waals surface area contributed by atoms with Gasteiger partial charge in [-0.25, -0.2) is 9.78 Å². The van der Waals surface area contributed by atoms with Gasteiger partial charge in [-0.15, -0.1) is 11.3 Å². The molecule has 0 N–H and O–H groups in total. The molecule has 8 heteroatoms. The molecule has 1 aliphatic heterocycles. The third-order valence-electron chi connectivity index (χ3n) is 5.39. The minimum absolute atomic E-state index is 0.170. The number of benzene rings is 1. The van der Waals surface area contributed by atoms with Crippen molar-refractivity contribution in [1.82, 2.24) is 9.88 Å². The first-order valence-electron chi connectivity index (χ1n) is 10.6. The van der Waals surface area contributed by atoms with E-state index in [1.54, 1.807) is 18.7 Å². The maximum absolute atomic E-state index is 12.5. The van der Waals surface area contributed by atoms with Crippen molar-refractivity contribution in [2.24, 2.45) is 5.92 Å². The molecular weight excluding hydrogens is 416 g/mol. The van der Waals surface area contributed by atoms with Crippen LogP contribution in [0.5, 0.6) is 0 Å². The Labute approximate surface area is 186 Å². The predicted molar refractivity (Wildman–Crippen MR) is 118 cm³/mol. The monoisotopic (exact) mass is 444 g/mol. The highest BCUT2D eigenvalue weighted by atomic mass is 32.1. The van der Waals surface area contributed by atoms with E-state index in [1.807, 2.05) is 24.3 Å². The molecular formula is C23H28N2O5S. The van der Waals surface area contributed by atoms with Gasteiger partial charge < -0.3 is 14.4 Å². The van der Waals surface area contributed by atoms with E-state index >= 15 is 0 Å². The van der Waals surface area contributed by atoms with Gasteiger partial charge in [-0.05, 0) is 38.7 Å². The van der Waals surface area contributed by atoms with E-state index in [1.165, 1.54) is 16.9 Å². The number of esters is 2. The van der Waals surface area contributed by atoms with E-state index in [-0.39, 0.29) is 24.4 Å². The van der Waals surface area contributed by atoms with Crippen LogP contribution in [0.3, 0.4) is 0 Å². The molecule has 0 radical (unpaired) electrons. The molecule has 0 aliphatic carbocycles. The zero-order chi connectivity index (χ0) is 22.4. The summed E-state index contributed by atoms with van der Waals surface area (Å²) in [6, 6.07) is 8.09. The fraction of sp³-hybridized carbons (Fsp3) is 0.478. The highest BCUT2D eigenvalue weighted by Crippen LogP contribution is 2.29. The first kappa shape index (κ1) is 22.9. The van der Waals surface area contributed by atoms with Gasteiger partial charge in [-0.1, -0.05) is 31.2 Å². The summed E-state index contributed by atoms with van der Waals surface area (Å²) >= 11 is 1.27. The normalized spacial score (nSPS) is 14.4. The number of rotatable bonds is 7. The van der Waals surface area contributed by atoms with Crippen LogP contribution in [0.25, 0.3) is 10.6 Å². The SMILES string of the molecule is CCOC(=O)C1CCN(C(=O)COC(=O)c2sc(-c3ccc(CC)cc3)nc2C)CC1. The van der Waals surface area contributed by atoms with Crippen molar-refractivity contribution in [2.75, 3.05) is 26.3 Å². The summed E-state index contributed by atoms with van der Waals surface area (Å²) in [5, 5.41) is 0.750. The number of carbonyl (C=O) groups is 3. The van der Waals surface area contributed by atoms with Gasteiger partial charge in [0, 0.05) is 18.7 Å². The lowest BCUT2D eigenvalue weighted by atomic mass is 9.97.